The topological polar surface area (TPSA) is 18.5 Å². The van der Waals surface area contributed by atoms with Crippen LogP contribution in [0, 0.1) is 0 Å². The molecular formula is C11H14O2SSn. The van der Waals surface area contributed by atoms with Crippen LogP contribution in [0.3, 0.4) is 0 Å². The van der Waals surface area contributed by atoms with Crippen molar-refractivity contribution in [3.8, 4) is 0 Å². The van der Waals surface area contributed by atoms with Gasteiger partial charge in [0.25, 0.3) is 0 Å². The van der Waals surface area contributed by atoms with Crippen LogP contribution in [0.2, 0.25) is 4.44 Å². The first-order valence-electron chi connectivity index (χ1n) is 5.19. The molecule has 0 fully saturated rings. The fraction of sp³-hybridized carbons (Fsp3) is 0.455. The van der Waals surface area contributed by atoms with Crippen LogP contribution in [-0.2, 0) is 9.47 Å². The minimum atomic E-state index is -0.315. The van der Waals surface area contributed by atoms with Crippen molar-refractivity contribution in [1.82, 2.24) is 0 Å². The van der Waals surface area contributed by atoms with Gasteiger partial charge in [0.15, 0.2) is 0 Å². The molecule has 0 N–H and O–H groups in total. The second kappa shape index (κ2) is 5.80. The summed E-state index contributed by atoms with van der Waals surface area (Å²) in [4.78, 5) is 1.20. The minimum absolute atomic E-state index is 0.172. The summed E-state index contributed by atoms with van der Waals surface area (Å²) in [7, 11) is 0. The summed E-state index contributed by atoms with van der Waals surface area (Å²) < 4.78 is 13.7. The van der Waals surface area contributed by atoms with Crippen molar-refractivity contribution >= 4 is 35.4 Å². The Hall–Kier alpha value is -0.161. The van der Waals surface area contributed by atoms with Crippen LogP contribution in [0.5, 0.6) is 0 Å². The van der Waals surface area contributed by atoms with E-state index in [1.165, 1.54) is 22.2 Å². The Morgan fingerprint density at radius 2 is 2.13 bits per heavy atom. The van der Waals surface area contributed by atoms with Gasteiger partial charge in [0.05, 0.1) is 0 Å². The molecule has 0 spiro atoms. The van der Waals surface area contributed by atoms with Gasteiger partial charge in [0.1, 0.15) is 0 Å². The first-order valence-corrected chi connectivity index (χ1v) is 9.46. The van der Waals surface area contributed by atoms with Crippen molar-refractivity contribution in [2.45, 2.75) is 30.5 Å². The molecule has 0 saturated heterocycles. The zero-order valence-electron chi connectivity index (χ0n) is 8.73. The van der Waals surface area contributed by atoms with E-state index in [9.17, 15) is 0 Å². The van der Waals surface area contributed by atoms with Crippen molar-refractivity contribution in [2.24, 2.45) is 0 Å². The number of hydrogen-bond acceptors (Lipinski definition) is 3. The third kappa shape index (κ3) is 3.14. The van der Waals surface area contributed by atoms with Gasteiger partial charge in [-0.2, -0.15) is 0 Å². The fourth-order valence-corrected chi connectivity index (χ4v) is 7.24. The van der Waals surface area contributed by atoms with E-state index in [1.54, 1.807) is 15.4 Å². The first kappa shape index (κ1) is 11.3. The number of hydrogen-bond donors (Lipinski definition) is 0. The Balaban J connectivity index is 1.86. The van der Waals surface area contributed by atoms with E-state index in [4.69, 9.17) is 9.47 Å². The van der Waals surface area contributed by atoms with Crippen molar-refractivity contribution in [3.63, 3.8) is 0 Å². The molecule has 0 bridgehead atoms. The first-order chi connectivity index (χ1) is 7.40. The van der Waals surface area contributed by atoms with Crippen LogP contribution < -0.4 is 2.89 Å². The Bertz CT molecular complexity index is 327. The van der Waals surface area contributed by atoms with Gasteiger partial charge in [0.2, 0.25) is 0 Å². The average Bonchev–Trinajstić information content (AvgIpc) is 2.87. The van der Waals surface area contributed by atoms with Crippen LogP contribution in [0.25, 0.3) is 0 Å². The second-order valence-electron chi connectivity index (χ2n) is 3.36. The van der Waals surface area contributed by atoms with Crippen LogP contribution in [0.1, 0.15) is 30.9 Å². The van der Waals surface area contributed by atoms with Crippen molar-refractivity contribution in [3.05, 3.63) is 29.5 Å². The van der Waals surface area contributed by atoms with Crippen LogP contribution in [0.4, 0.5) is 0 Å². The van der Waals surface area contributed by atoms with Gasteiger partial charge >= 0.3 is 105 Å². The third-order valence-electron chi connectivity index (χ3n) is 2.15. The van der Waals surface area contributed by atoms with Gasteiger partial charge in [0, 0.05) is 0 Å². The maximum atomic E-state index is 5.30. The molecule has 2 nitrogen and oxygen atoms in total. The van der Waals surface area contributed by atoms with E-state index in [0.29, 0.717) is 0 Å². The molecule has 1 aromatic heterocycles. The molecule has 0 saturated carbocycles. The van der Waals surface area contributed by atoms with Crippen molar-refractivity contribution in [1.29, 1.82) is 0 Å². The molecule has 80 valence electrons. The molecule has 0 atom stereocenters. The molecule has 0 amide bonds. The standard InChI is InChI=1S/C7H5O2S.C4H9.Sn/c1-2-6(10-5-1)7-8-3-4-9-7;1-3-4-2;/h1-4,7H;1,3-4H2,2H3;. The average molecular weight is 329 g/mol. The van der Waals surface area contributed by atoms with E-state index in [2.05, 4.69) is 19.1 Å². The summed E-state index contributed by atoms with van der Waals surface area (Å²) in [6.07, 6.45) is 5.76. The number of unbranched alkanes of at least 4 members (excludes halogenated alkanes) is 1. The molecule has 1 aliphatic heterocycles. The molecule has 1 aromatic rings. The van der Waals surface area contributed by atoms with Gasteiger partial charge in [-0.05, 0) is 0 Å². The Labute approximate surface area is 105 Å². The molecule has 0 aliphatic carbocycles. The van der Waals surface area contributed by atoms with Crippen LogP contribution in [0.15, 0.2) is 24.7 Å². The van der Waals surface area contributed by atoms with E-state index < -0.39 is 0 Å². The predicted octanol–water partition coefficient (Wildman–Crippen LogP) is 2.81. The van der Waals surface area contributed by atoms with Crippen molar-refractivity contribution < 1.29 is 9.47 Å². The summed E-state index contributed by atoms with van der Waals surface area (Å²) >= 11 is 1.55. The van der Waals surface area contributed by atoms with Crippen LogP contribution in [-0.4, -0.2) is 21.1 Å². The Kier molecular flexibility index (Phi) is 4.38. The molecule has 1 aliphatic rings. The Morgan fingerprint density at radius 1 is 1.33 bits per heavy atom. The molecule has 2 rings (SSSR count). The molecule has 2 heterocycles. The van der Waals surface area contributed by atoms with Gasteiger partial charge in [-0.25, -0.2) is 0 Å². The quantitative estimate of drug-likeness (QED) is 0.611. The summed E-state index contributed by atoms with van der Waals surface area (Å²) in [6, 6.07) is 4.40. The summed E-state index contributed by atoms with van der Waals surface area (Å²) in [6.45, 7) is 2.26. The fourth-order valence-electron chi connectivity index (χ4n) is 1.34. The van der Waals surface area contributed by atoms with E-state index in [1.807, 2.05) is 11.3 Å². The SMILES string of the molecule is CCC[CH2][Sn][c]1ccc(C2OC=CO2)s1. The Morgan fingerprint density at radius 3 is 2.87 bits per heavy atom. The second-order valence-corrected chi connectivity index (χ2v) is 9.48. The summed E-state index contributed by atoms with van der Waals surface area (Å²) in [5.74, 6) is 0. The molecule has 0 aromatic carbocycles. The number of thiophene rings is 1. The van der Waals surface area contributed by atoms with Crippen molar-refractivity contribution in [2.75, 3.05) is 0 Å². The molecular weight excluding hydrogens is 315 g/mol. The predicted molar refractivity (Wildman–Crippen MR) is 63.5 cm³/mol. The van der Waals surface area contributed by atoms with Gasteiger partial charge < -0.3 is 0 Å². The molecule has 15 heavy (non-hydrogen) atoms. The van der Waals surface area contributed by atoms with Gasteiger partial charge in [-0.15, -0.1) is 0 Å². The summed E-state index contributed by atoms with van der Waals surface area (Å²) in [5, 5.41) is 0. The zero-order valence-corrected chi connectivity index (χ0v) is 12.4. The van der Waals surface area contributed by atoms with Gasteiger partial charge in [-0.3, -0.25) is 0 Å². The molecule has 2 radical (unpaired) electrons. The number of rotatable bonds is 5. The normalized spacial score (nSPS) is 15.3. The summed E-state index contributed by atoms with van der Waals surface area (Å²) in [5.41, 5.74) is 0. The van der Waals surface area contributed by atoms with E-state index >= 15 is 0 Å². The van der Waals surface area contributed by atoms with Gasteiger partial charge in [-0.1, -0.05) is 0 Å². The van der Waals surface area contributed by atoms with E-state index in [0.717, 1.165) is 0 Å². The molecule has 4 heteroatoms. The number of ether oxygens (including phenoxy) is 2. The maximum absolute atomic E-state index is 5.30. The van der Waals surface area contributed by atoms with Crippen LogP contribution >= 0.6 is 11.3 Å². The monoisotopic (exact) mass is 330 g/mol. The molecule has 0 unspecified atom stereocenters. The zero-order chi connectivity index (χ0) is 10.5. The third-order valence-corrected chi connectivity index (χ3v) is 8.10. The van der Waals surface area contributed by atoms with E-state index in [-0.39, 0.29) is 27.4 Å².